The molecule has 29 heavy (non-hydrogen) atoms. The largest absolute Gasteiger partial charge is 0.454 e. The van der Waals surface area contributed by atoms with E-state index >= 15 is 0 Å². The molecular weight excluding hydrogens is 390 g/mol. The predicted octanol–water partition coefficient (Wildman–Crippen LogP) is 3.20. The minimum Gasteiger partial charge on any atom is -0.454 e. The molecule has 1 amide bonds. The van der Waals surface area contributed by atoms with Gasteiger partial charge in [0.1, 0.15) is 0 Å². The molecule has 2 rings (SSSR count). The summed E-state index contributed by atoms with van der Waals surface area (Å²) in [5, 5.41) is 2.72. The van der Waals surface area contributed by atoms with Crippen LogP contribution >= 0.6 is 11.8 Å². The van der Waals surface area contributed by atoms with Crippen molar-refractivity contribution in [2.75, 3.05) is 32.6 Å². The number of ether oxygens (including phenoxy) is 2. The molecule has 0 saturated carbocycles. The molecule has 0 heterocycles. The number of thioether (sulfide) groups is 1. The van der Waals surface area contributed by atoms with E-state index in [4.69, 9.17) is 9.47 Å². The first-order valence-corrected chi connectivity index (χ1v) is 10.2. The van der Waals surface area contributed by atoms with E-state index in [0.29, 0.717) is 29.2 Å². The average molecular weight is 416 g/mol. The lowest BCUT2D eigenvalue weighted by Gasteiger charge is -2.10. The van der Waals surface area contributed by atoms with Crippen LogP contribution in [0.4, 0.5) is 0 Å². The average Bonchev–Trinajstić information content (AvgIpc) is 2.72. The molecule has 2 aromatic carbocycles. The van der Waals surface area contributed by atoms with Crippen LogP contribution in [0, 0.1) is 13.8 Å². The normalized spacial score (nSPS) is 10.4. The Labute approximate surface area is 175 Å². The highest BCUT2D eigenvalue weighted by molar-refractivity contribution is 8.00. The number of hydrogen-bond donors (Lipinski definition) is 1. The Morgan fingerprint density at radius 1 is 1.03 bits per heavy atom. The molecule has 7 heteroatoms. The van der Waals surface area contributed by atoms with Gasteiger partial charge in [0.2, 0.25) is 11.7 Å². The van der Waals surface area contributed by atoms with Crippen molar-refractivity contribution in [3.63, 3.8) is 0 Å². The predicted molar refractivity (Wildman–Crippen MR) is 113 cm³/mol. The van der Waals surface area contributed by atoms with Gasteiger partial charge in [0.25, 0.3) is 0 Å². The monoisotopic (exact) mass is 415 g/mol. The van der Waals surface area contributed by atoms with Crippen LogP contribution in [0.1, 0.15) is 31.8 Å². The molecule has 154 valence electrons. The molecule has 0 aliphatic heterocycles. The number of nitrogens with one attached hydrogen (secondary N) is 1. The highest BCUT2D eigenvalue weighted by Gasteiger charge is 2.17. The van der Waals surface area contributed by atoms with Gasteiger partial charge < -0.3 is 14.8 Å². The van der Waals surface area contributed by atoms with Crippen molar-refractivity contribution in [1.29, 1.82) is 0 Å². The van der Waals surface area contributed by atoms with Crippen molar-refractivity contribution in [3.8, 4) is 0 Å². The van der Waals surface area contributed by atoms with Gasteiger partial charge in [0, 0.05) is 24.1 Å². The van der Waals surface area contributed by atoms with E-state index in [1.807, 2.05) is 26.0 Å². The minimum absolute atomic E-state index is 0.152. The second-order valence-corrected chi connectivity index (χ2v) is 7.46. The third kappa shape index (κ3) is 7.03. The van der Waals surface area contributed by atoms with Crippen LogP contribution in [0.3, 0.4) is 0 Å². The lowest BCUT2D eigenvalue weighted by Crippen LogP contribution is -2.28. The highest BCUT2D eigenvalue weighted by atomic mass is 32.2. The van der Waals surface area contributed by atoms with Gasteiger partial charge in [-0.25, -0.2) is 4.79 Å². The Bertz CT molecular complexity index is 881. The number of aryl methyl sites for hydroxylation is 2. The molecular formula is C22H25NO5S. The van der Waals surface area contributed by atoms with Gasteiger partial charge in [-0.15, -0.1) is 11.8 Å². The topological polar surface area (TPSA) is 81.7 Å². The second kappa shape index (κ2) is 11.4. The van der Waals surface area contributed by atoms with Crippen molar-refractivity contribution in [1.82, 2.24) is 5.32 Å². The summed E-state index contributed by atoms with van der Waals surface area (Å²) in [5.74, 6) is -0.829. The summed E-state index contributed by atoms with van der Waals surface area (Å²) in [5.41, 5.74) is 2.69. The maximum absolute atomic E-state index is 12.5. The number of rotatable bonds is 10. The van der Waals surface area contributed by atoms with Gasteiger partial charge in [-0.05, 0) is 37.6 Å². The number of Topliss-reactive ketones (excluding diaryl/α,β-unsaturated/α-hetero) is 1. The van der Waals surface area contributed by atoms with Gasteiger partial charge in [0.15, 0.2) is 6.61 Å². The van der Waals surface area contributed by atoms with Crippen molar-refractivity contribution in [2.24, 2.45) is 0 Å². The molecule has 0 aromatic heterocycles. The molecule has 0 spiro atoms. The summed E-state index contributed by atoms with van der Waals surface area (Å²) in [7, 11) is 1.56. The molecule has 0 saturated heterocycles. The molecule has 0 atom stereocenters. The van der Waals surface area contributed by atoms with Crippen LogP contribution < -0.4 is 5.32 Å². The molecule has 0 fully saturated rings. The van der Waals surface area contributed by atoms with Gasteiger partial charge in [-0.2, -0.15) is 0 Å². The van der Waals surface area contributed by atoms with E-state index in [-0.39, 0.29) is 24.1 Å². The van der Waals surface area contributed by atoms with Gasteiger partial charge in [-0.1, -0.05) is 29.8 Å². The number of amides is 1. The van der Waals surface area contributed by atoms with Crippen LogP contribution in [0.15, 0.2) is 47.4 Å². The standard InChI is InChI=1S/C22H25NO5S/c1-15-8-9-16(2)18(12-15)19(24)13-28-22(26)17-6-4-5-7-20(17)29-14-21(25)23-10-11-27-3/h4-9,12H,10-11,13-14H2,1-3H3,(H,23,25). The Morgan fingerprint density at radius 3 is 2.55 bits per heavy atom. The highest BCUT2D eigenvalue weighted by Crippen LogP contribution is 2.23. The molecule has 0 aliphatic rings. The second-order valence-electron chi connectivity index (χ2n) is 6.45. The van der Waals surface area contributed by atoms with Crippen LogP contribution in [0.25, 0.3) is 0 Å². The number of esters is 1. The molecule has 2 aromatic rings. The lowest BCUT2D eigenvalue weighted by atomic mass is 10.0. The summed E-state index contributed by atoms with van der Waals surface area (Å²) in [6.07, 6.45) is 0. The van der Waals surface area contributed by atoms with E-state index in [9.17, 15) is 14.4 Å². The lowest BCUT2D eigenvalue weighted by molar-refractivity contribution is -0.118. The van der Waals surface area contributed by atoms with Crippen molar-refractivity contribution in [3.05, 3.63) is 64.7 Å². The molecule has 0 aliphatic carbocycles. The van der Waals surface area contributed by atoms with Crippen molar-refractivity contribution in [2.45, 2.75) is 18.7 Å². The Balaban J connectivity index is 1.96. The molecule has 0 bridgehead atoms. The van der Waals surface area contributed by atoms with Gasteiger partial charge >= 0.3 is 5.97 Å². The quantitative estimate of drug-likeness (QED) is 0.278. The Morgan fingerprint density at radius 2 is 1.79 bits per heavy atom. The summed E-state index contributed by atoms with van der Waals surface area (Å²) in [6.45, 7) is 4.28. The van der Waals surface area contributed by atoms with Gasteiger partial charge in [0.05, 0.1) is 17.9 Å². The number of benzene rings is 2. The molecule has 6 nitrogen and oxygen atoms in total. The first-order chi connectivity index (χ1) is 13.9. The smallest absolute Gasteiger partial charge is 0.339 e. The van der Waals surface area contributed by atoms with Crippen LogP contribution in [0.5, 0.6) is 0 Å². The van der Waals surface area contributed by atoms with E-state index in [0.717, 1.165) is 11.1 Å². The third-order valence-corrected chi connectivity index (χ3v) is 5.20. The van der Waals surface area contributed by atoms with Crippen molar-refractivity contribution < 1.29 is 23.9 Å². The van der Waals surface area contributed by atoms with Crippen LogP contribution in [0.2, 0.25) is 0 Å². The number of carbonyl (C=O) groups is 3. The van der Waals surface area contributed by atoms with E-state index in [1.54, 1.807) is 37.4 Å². The summed E-state index contributed by atoms with van der Waals surface area (Å²) >= 11 is 1.24. The molecule has 0 radical (unpaired) electrons. The SMILES string of the molecule is COCCNC(=O)CSc1ccccc1C(=O)OCC(=O)c1cc(C)ccc1C. The fourth-order valence-electron chi connectivity index (χ4n) is 2.57. The number of methoxy groups -OCH3 is 1. The fourth-order valence-corrected chi connectivity index (χ4v) is 3.44. The zero-order valence-electron chi connectivity index (χ0n) is 16.8. The summed E-state index contributed by atoms with van der Waals surface area (Å²) in [6, 6.07) is 12.4. The zero-order chi connectivity index (χ0) is 21.2. The number of carbonyl (C=O) groups excluding carboxylic acids is 3. The fraction of sp³-hybridized carbons (Fsp3) is 0.318. The van der Waals surface area contributed by atoms with Crippen molar-refractivity contribution >= 4 is 29.4 Å². The first kappa shape index (κ1) is 22.6. The zero-order valence-corrected chi connectivity index (χ0v) is 17.6. The molecule has 0 unspecified atom stereocenters. The summed E-state index contributed by atoms with van der Waals surface area (Å²) in [4.78, 5) is 37.4. The van der Waals surface area contributed by atoms with Crippen LogP contribution in [-0.2, 0) is 14.3 Å². The number of ketones is 1. The van der Waals surface area contributed by atoms with Gasteiger partial charge in [-0.3, -0.25) is 9.59 Å². The third-order valence-electron chi connectivity index (χ3n) is 4.12. The Kier molecular flexibility index (Phi) is 8.89. The minimum atomic E-state index is -0.591. The van der Waals surface area contributed by atoms with E-state index in [1.165, 1.54) is 11.8 Å². The maximum Gasteiger partial charge on any atom is 0.339 e. The molecule has 1 N–H and O–H groups in total. The number of hydrogen-bond acceptors (Lipinski definition) is 6. The van der Waals surface area contributed by atoms with E-state index in [2.05, 4.69) is 5.32 Å². The Hall–Kier alpha value is -2.64. The summed E-state index contributed by atoms with van der Waals surface area (Å²) < 4.78 is 10.1. The first-order valence-electron chi connectivity index (χ1n) is 9.17. The maximum atomic E-state index is 12.5. The van der Waals surface area contributed by atoms with E-state index < -0.39 is 5.97 Å². The van der Waals surface area contributed by atoms with Crippen LogP contribution in [-0.4, -0.2) is 50.3 Å².